The summed E-state index contributed by atoms with van der Waals surface area (Å²) in [6.07, 6.45) is 0. The highest BCUT2D eigenvalue weighted by atomic mass is 32.4. The maximum atomic E-state index is 5.28. The summed E-state index contributed by atoms with van der Waals surface area (Å²) < 4.78 is 21.1. The standard InChI is InChI=1S/C5H8O4P2S2/c12-10-6-1-5(2-7-10)3-8-11(13)9-4-5/h1-4H2/q+2. The van der Waals surface area contributed by atoms with Crippen molar-refractivity contribution in [2.24, 2.45) is 5.41 Å². The topological polar surface area (TPSA) is 36.9 Å². The molecule has 0 atom stereocenters. The second-order valence-electron chi connectivity index (χ2n) is 3.04. The van der Waals surface area contributed by atoms with E-state index in [9.17, 15) is 0 Å². The smallest absolute Gasteiger partial charge is 0.141 e. The molecule has 2 fully saturated rings. The van der Waals surface area contributed by atoms with E-state index in [1.54, 1.807) is 0 Å². The van der Waals surface area contributed by atoms with Crippen molar-refractivity contribution in [2.75, 3.05) is 26.4 Å². The SMILES string of the molecule is S=[P+]1OCC2(CO1)CO[P+](=S)OC2. The molecule has 13 heavy (non-hydrogen) atoms. The summed E-state index contributed by atoms with van der Waals surface area (Å²) in [6.45, 7) is 2.23. The van der Waals surface area contributed by atoms with Gasteiger partial charge in [0.25, 0.3) is 0 Å². The molecule has 0 aromatic heterocycles. The Labute approximate surface area is 88.1 Å². The summed E-state index contributed by atoms with van der Waals surface area (Å²) in [7, 11) is -2.20. The number of hydrogen-bond acceptors (Lipinski definition) is 6. The summed E-state index contributed by atoms with van der Waals surface area (Å²) in [6, 6.07) is 0. The van der Waals surface area contributed by atoms with Crippen LogP contribution in [0.1, 0.15) is 0 Å². The van der Waals surface area contributed by atoms with Crippen molar-refractivity contribution in [3.63, 3.8) is 0 Å². The Bertz CT molecular complexity index is 209. The third kappa shape index (κ3) is 2.46. The molecule has 2 saturated heterocycles. The molecule has 0 aromatic carbocycles. The van der Waals surface area contributed by atoms with E-state index in [0.717, 1.165) is 0 Å². The first kappa shape index (κ1) is 10.4. The van der Waals surface area contributed by atoms with E-state index in [1.807, 2.05) is 0 Å². The molecule has 2 heterocycles. The molecule has 0 unspecified atom stereocenters. The Morgan fingerprint density at radius 2 is 1.08 bits per heavy atom. The second kappa shape index (κ2) is 4.17. The molecule has 0 N–H and O–H groups in total. The van der Waals surface area contributed by atoms with E-state index in [4.69, 9.17) is 41.7 Å². The van der Waals surface area contributed by atoms with Crippen LogP contribution in [0.25, 0.3) is 0 Å². The normalized spacial score (nSPS) is 40.9. The van der Waals surface area contributed by atoms with E-state index in [1.165, 1.54) is 0 Å². The minimum atomic E-state index is -1.10. The van der Waals surface area contributed by atoms with Gasteiger partial charge in [0.1, 0.15) is 26.4 Å². The van der Waals surface area contributed by atoms with E-state index in [-0.39, 0.29) is 5.41 Å². The highest BCUT2D eigenvalue weighted by molar-refractivity contribution is 8.01. The largest absolute Gasteiger partial charge is 0.521 e. The first-order chi connectivity index (χ1) is 6.20. The Morgan fingerprint density at radius 1 is 0.769 bits per heavy atom. The molecule has 0 aliphatic carbocycles. The summed E-state index contributed by atoms with van der Waals surface area (Å²) in [5.74, 6) is 0. The molecule has 2 aliphatic heterocycles. The maximum absolute atomic E-state index is 5.28. The highest BCUT2D eigenvalue weighted by Crippen LogP contribution is 2.43. The third-order valence-electron chi connectivity index (χ3n) is 1.90. The quantitative estimate of drug-likeness (QED) is 0.614. The van der Waals surface area contributed by atoms with Crippen LogP contribution in [0.3, 0.4) is 0 Å². The van der Waals surface area contributed by atoms with Gasteiger partial charge < -0.3 is 0 Å². The fourth-order valence-corrected chi connectivity index (χ4v) is 3.38. The van der Waals surface area contributed by atoms with Gasteiger partial charge in [-0.05, 0) is 0 Å². The summed E-state index contributed by atoms with van der Waals surface area (Å²) in [4.78, 5) is 0. The van der Waals surface area contributed by atoms with Crippen molar-refractivity contribution in [1.29, 1.82) is 0 Å². The van der Waals surface area contributed by atoms with Crippen molar-refractivity contribution < 1.29 is 18.1 Å². The van der Waals surface area contributed by atoms with Crippen LogP contribution in [-0.4, -0.2) is 26.4 Å². The number of rotatable bonds is 0. The van der Waals surface area contributed by atoms with Gasteiger partial charge in [-0.25, -0.2) is 0 Å². The average Bonchev–Trinajstić information content (AvgIpc) is 2.16. The monoisotopic (exact) mass is 258 g/mol. The lowest BCUT2D eigenvalue weighted by molar-refractivity contribution is -0.0458. The van der Waals surface area contributed by atoms with Crippen LogP contribution in [0.4, 0.5) is 0 Å². The Morgan fingerprint density at radius 3 is 1.38 bits per heavy atom. The van der Waals surface area contributed by atoms with Crippen LogP contribution in [0.5, 0.6) is 0 Å². The lowest BCUT2D eigenvalue weighted by Crippen LogP contribution is -2.43. The van der Waals surface area contributed by atoms with Crippen LogP contribution < -0.4 is 0 Å². The van der Waals surface area contributed by atoms with E-state index in [2.05, 4.69) is 0 Å². The molecule has 0 radical (unpaired) electrons. The summed E-state index contributed by atoms with van der Waals surface area (Å²) in [5, 5.41) is 0. The molecule has 8 heteroatoms. The van der Waals surface area contributed by atoms with Gasteiger partial charge in [-0.1, -0.05) is 0 Å². The van der Waals surface area contributed by atoms with Gasteiger partial charge in [-0.15, -0.1) is 18.1 Å². The fourth-order valence-electron chi connectivity index (χ4n) is 1.08. The van der Waals surface area contributed by atoms with E-state index < -0.39 is 14.3 Å². The molecular formula is C5H8O4P2S2+2. The Balaban J connectivity index is 1.98. The van der Waals surface area contributed by atoms with Crippen molar-refractivity contribution in [1.82, 2.24) is 0 Å². The molecule has 0 saturated carbocycles. The van der Waals surface area contributed by atoms with Crippen LogP contribution in [0.15, 0.2) is 0 Å². The Kier molecular flexibility index (Phi) is 3.34. The van der Waals surface area contributed by atoms with Gasteiger partial charge in [0.15, 0.2) is 0 Å². The van der Waals surface area contributed by atoms with Gasteiger partial charge in [-0.3, -0.25) is 0 Å². The Hall–Kier alpha value is 0.880. The summed E-state index contributed by atoms with van der Waals surface area (Å²) >= 11 is 9.77. The van der Waals surface area contributed by atoms with Gasteiger partial charge in [0, 0.05) is 0 Å². The maximum Gasteiger partial charge on any atom is 0.521 e. The van der Waals surface area contributed by atoms with Crippen molar-refractivity contribution in [3.05, 3.63) is 0 Å². The zero-order valence-electron chi connectivity index (χ0n) is 6.67. The molecule has 0 bridgehead atoms. The van der Waals surface area contributed by atoms with Gasteiger partial charge >= 0.3 is 14.3 Å². The zero-order valence-corrected chi connectivity index (χ0v) is 10.1. The van der Waals surface area contributed by atoms with Crippen LogP contribution in [0.2, 0.25) is 0 Å². The number of hydrogen-bond donors (Lipinski definition) is 0. The van der Waals surface area contributed by atoms with E-state index >= 15 is 0 Å². The minimum Gasteiger partial charge on any atom is -0.141 e. The van der Waals surface area contributed by atoms with Crippen molar-refractivity contribution in [2.45, 2.75) is 0 Å². The molecule has 2 rings (SSSR count). The highest BCUT2D eigenvalue weighted by Gasteiger charge is 2.48. The predicted octanol–water partition coefficient (Wildman–Crippen LogP) is 1.61. The minimum absolute atomic E-state index is 0.171. The van der Waals surface area contributed by atoms with Crippen molar-refractivity contribution in [3.8, 4) is 0 Å². The zero-order chi connectivity index (χ0) is 9.31. The van der Waals surface area contributed by atoms with Crippen molar-refractivity contribution >= 4 is 37.9 Å². The molecule has 2 aliphatic rings. The average molecular weight is 258 g/mol. The van der Waals surface area contributed by atoms with Gasteiger partial charge in [-0.2, -0.15) is 0 Å². The van der Waals surface area contributed by atoms with Crippen LogP contribution in [-0.2, 0) is 41.7 Å². The predicted molar refractivity (Wildman–Crippen MR) is 54.8 cm³/mol. The van der Waals surface area contributed by atoms with Crippen LogP contribution in [0, 0.1) is 5.41 Å². The molecule has 72 valence electrons. The summed E-state index contributed by atoms with van der Waals surface area (Å²) in [5.41, 5.74) is -0.171. The lowest BCUT2D eigenvalue weighted by Gasteiger charge is -2.29. The third-order valence-corrected chi connectivity index (χ3v) is 4.53. The first-order valence-corrected chi connectivity index (χ1v) is 8.05. The lowest BCUT2D eigenvalue weighted by atomic mass is 9.93. The fraction of sp³-hybridized carbons (Fsp3) is 1.00. The first-order valence-electron chi connectivity index (χ1n) is 3.66. The molecule has 0 aromatic rings. The van der Waals surface area contributed by atoms with E-state index in [0.29, 0.717) is 26.4 Å². The second-order valence-corrected chi connectivity index (χ2v) is 6.76. The van der Waals surface area contributed by atoms with Gasteiger partial charge in [0.2, 0.25) is 23.6 Å². The molecule has 1 spiro atoms. The van der Waals surface area contributed by atoms with Crippen LogP contribution >= 0.6 is 14.3 Å². The van der Waals surface area contributed by atoms with Gasteiger partial charge in [0.05, 0.1) is 5.41 Å². The molecule has 4 nitrogen and oxygen atoms in total. The molecule has 0 amide bonds. The molecular weight excluding hydrogens is 250 g/mol.